The van der Waals surface area contributed by atoms with Crippen molar-refractivity contribution in [1.82, 2.24) is 15.1 Å². The molecule has 0 saturated carbocycles. The summed E-state index contributed by atoms with van der Waals surface area (Å²) in [6.07, 6.45) is 3.88. The molecule has 30 heavy (non-hydrogen) atoms. The van der Waals surface area contributed by atoms with Crippen LogP contribution in [0.4, 0.5) is 0 Å². The van der Waals surface area contributed by atoms with E-state index in [2.05, 4.69) is 53.2 Å². The number of esters is 1. The standard InChI is InChI=1S/C23H36N4O2.HI/c1-4-21(27-15-10-18-8-6-7-9-20(18)17-27)16-25-23(24-5-2)26-13-11-19(12-14-26)22(28)29-3;/h6-9,19,21H,4-5,10-17H2,1-3H3,(H,24,25);1H. The van der Waals surface area contributed by atoms with Crippen molar-refractivity contribution in [3.8, 4) is 0 Å². The highest BCUT2D eigenvalue weighted by molar-refractivity contribution is 14.0. The Balaban J connectivity index is 0.00000320. The second-order valence-corrected chi connectivity index (χ2v) is 8.03. The summed E-state index contributed by atoms with van der Waals surface area (Å²) in [5, 5.41) is 3.45. The molecule has 0 amide bonds. The van der Waals surface area contributed by atoms with Crippen LogP contribution in [-0.4, -0.2) is 67.6 Å². The summed E-state index contributed by atoms with van der Waals surface area (Å²) in [4.78, 5) is 21.7. The highest BCUT2D eigenvalue weighted by atomic mass is 127. The van der Waals surface area contributed by atoms with Crippen LogP contribution in [0.5, 0.6) is 0 Å². The third-order valence-electron chi connectivity index (χ3n) is 6.26. The zero-order valence-electron chi connectivity index (χ0n) is 18.6. The third-order valence-corrected chi connectivity index (χ3v) is 6.26. The van der Waals surface area contributed by atoms with Gasteiger partial charge in [0.15, 0.2) is 5.96 Å². The van der Waals surface area contributed by atoms with E-state index >= 15 is 0 Å². The average Bonchev–Trinajstić information content (AvgIpc) is 2.78. The van der Waals surface area contributed by atoms with Crippen LogP contribution in [0.25, 0.3) is 0 Å². The third kappa shape index (κ3) is 6.33. The molecule has 6 nitrogen and oxygen atoms in total. The number of methoxy groups -OCH3 is 1. The van der Waals surface area contributed by atoms with Gasteiger partial charge in [-0.3, -0.25) is 14.7 Å². The summed E-state index contributed by atoms with van der Waals surface area (Å²) in [6.45, 7) is 9.84. The first-order valence-electron chi connectivity index (χ1n) is 11.1. The molecule has 0 aliphatic carbocycles. The van der Waals surface area contributed by atoms with Crippen molar-refractivity contribution in [2.24, 2.45) is 10.9 Å². The van der Waals surface area contributed by atoms with E-state index in [1.54, 1.807) is 0 Å². The number of carbonyl (C=O) groups excluding carboxylic acids is 1. The average molecular weight is 528 g/mol. The second kappa shape index (κ2) is 12.5. The number of hydrogen-bond donors (Lipinski definition) is 1. The molecule has 7 heteroatoms. The molecule has 3 rings (SSSR count). The number of fused-ring (bicyclic) bond motifs is 1. The zero-order valence-corrected chi connectivity index (χ0v) is 20.9. The fourth-order valence-electron chi connectivity index (χ4n) is 4.44. The Labute approximate surface area is 198 Å². The van der Waals surface area contributed by atoms with Crippen LogP contribution in [0.1, 0.15) is 44.2 Å². The number of ether oxygens (including phenoxy) is 1. The monoisotopic (exact) mass is 528 g/mol. The van der Waals surface area contributed by atoms with Gasteiger partial charge >= 0.3 is 5.97 Å². The van der Waals surface area contributed by atoms with Gasteiger partial charge in [0.25, 0.3) is 0 Å². The fraction of sp³-hybridized carbons (Fsp3) is 0.652. The molecule has 1 saturated heterocycles. The highest BCUT2D eigenvalue weighted by Gasteiger charge is 2.27. The van der Waals surface area contributed by atoms with E-state index in [4.69, 9.17) is 9.73 Å². The normalized spacial score (nSPS) is 18.9. The van der Waals surface area contributed by atoms with E-state index in [0.29, 0.717) is 6.04 Å². The van der Waals surface area contributed by atoms with Gasteiger partial charge in [0, 0.05) is 38.8 Å². The predicted molar refractivity (Wildman–Crippen MR) is 132 cm³/mol. The molecule has 0 bridgehead atoms. The van der Waals surface area contributed by atoms with Crippen molar-refractivity contribution >= 4 is 35.9 Å². The molecule has 168 valence electrons. The number of aliphatic imine (C=N–C) groups is 1. The molecule has 2 aliphatic rings. The van der Waals surface area contributed by atoms with Crippen LogP contribution in [0.3, 0.4) is 0 Å². The number of halogens is 1. The number of rotatable bonds is 6. The molecule has 2 heterocycles. The van der Waals surface area contributed by atoms with Crippen molar-refractivity contribution in [2.45, 2.75) is 52.1 Å². The summed E-state index contributed by atoms with van der Waals surface area (Å²) in [6, 6.07) is 9.25. The Bertz CT molecular complexity index is 704. The fourth-order valence-corrected chi connectivity index (χ4v) is 4.44. The summed E-state index contributed by atoms with van der Waals surface area (Å²) < 4.78 is 4.91. The maximum absolute atomic E-state index is 11.8. The van der Waals surface area contributed by atoms with Crippen LogP contribution in [0.15, 0.2) is 29.3 Å². The van der Waals surface area contributed by atoms with Gasteiger partial charge in [-0.15, -0.1) is 24.0 Å². The van der Waals surface area contributed by atoms with Gasteiger partial charge in [-0.25, -0.2) is 0 Å². The highest BCUT2D eigenvalue weighted by Crippen LogP contribution is 2.22. The minimum Gasteiger partial charge on any atom is -0.469 e. The molecule has 1 aromatic rings. The Hall–Kier alpha value is -1.35. The summed E-state index contributed by atoms with van der Waals surface area (Å²) in [5.74, 6) is 0.922. The summed E-state index contributed by atoms with van der Waals surface area (Å²) in [7, 11) is 1.48. The maximum atomic E-state index is 11.8. The van der Waals surface area contributed by atoms with Crippen LogP contribution in [-0.2, 0) is 22.5 Å². The number of likely N-dealkylation sites (tertiary alicyclic amines) is 1. The van der Waals surface area contributed by atoms with Crippen LogP contribution in [0, 0.1) is 5.92 Å². The van der Waals surface area contributed by atoms with E-state index in [-0.39, 0.29) is 35.9 Å². The van der Waals surface area contributed by atoms with Crippen LogP contribution >= 0.6 is 24.0 Å². The minimum atomic E-state index is -0.0805. The van der Waals surface area contributed by atoms with Crippen molar-refractivity contribution in [1.29, 1.82) is 0 Å². The van der Waals surface area contributed by atoms with Gasteiger partial charge in [0.1, 0.15) is 0 Å². The molecule has 1 unspecified atom stereocenters. The number of nitrogens with one attached hydrogen (secondary N) is 1. The van der Waals surface area contributed by atoms with Gasteiger partial charge in [-0.2, -0.15) is 0 Å². The molecule has 1 atom stereocenters. The van der Waals surface area contributed by atoms with E-state index in [9.17, 15) is 4.79 Å². The number of hydrogen-bond acceptors (Lipinski definition) is 4. The van der Waals surface area contributed by atoms with Gasteiger partial charge in [-0.1, -0.05) is 31.2 Å². The lowest BCUT2D eigenvalue weighted by Gasteiger charge is -2.36. The van der Waals surface area contributed by atoms with E-state index in [1.807, 2.05) is 0 Å². The molecule has 0 spiro atoms. The molecule has 1 N–H and O–H groups in total. The number of guanidine groups is 1. The molecule has 1 fully saturated rings. The molecule has 1 aromatic carbocycles. The minimum absolute atomic E-state index is 0. The predicted octanol–water partition coefficient (Wildman–Crippen LogP) is 3.29. The van der Waals surface area contributed by atoms with Gasteiger partial charge in [0.05, 0.1) is 19.6 Å². The van der Waals surface area contributed by atoms with Gasteiger partial charge < -0.3 is 15.0 Å². The first-order valence-corrected chi connectivity index (χ1v) is 11.1. The smallest absolute Gasteiger partial charge is 0.308 e. The van der Waals surface area contributed by atoms with Gasteiger partial charge in [-0.05, 0) is 43.7 Å². The molecule has 0 radical (unpaired) electrons. The number of nitrogens with zero attached hydrogens (tertiary/aromatic N) is 3. The maximum Gasteiger partial charge on any atom is 0.308 e. The topological polar surface area (TPSA) is 57.2 Å². The second-order valence-electron chi connectivity index (χ2n) is 8.03. The molecular formula is C23H37IN4O2. The Kier molecular flexibility index (Phi) is 10.4. The van der Waals surface area contributed by atoms with Crippen LogP contribution < -0.4 is 5.32 Å². The first-order chi connectivity index (χ1) is 14.2. The first kappa shape index (κ1) is 24.9. The Morgan fingerprint density at radius 3 is 2.53 bits per heavy atom. The molecule has 0 aromatic heterocycles. The van der Waals surface area contributed by atoms with E-state index < -0.39 is 0 Å². The number of piperidine rings is 1. The SMILES string of the molecule is CCNC(=NCC(CC)N1CCc2ccccc2C1)N1CCC(C(=O)OC)CC1.I. The lowest BCUT2D eigenvalue weighted by atomic mass is 9.97. The largest absolute Gasteiger partial charge is 0.469 e. The molecular weight excluding hydrogens is 491 g/mol. The quantitative estimate of drug-likeness (QED) is 0.266. The van der Waals surface area contributed by atoms with Crippen molar-refractivity contribution < 1.29 is 9.53 Å². The summed E-state index contributed by atoms with van der Waals surface area (Å²) >= 11 is 0. The van der Waals surface area contributed by atoms with Crippen molar-refractivity contribution in [2.75, 3.05) is 39.8 Å². The lowest BCUT2D eigenvalue weighted by Crippen LogP contribution is -2.47. The lowest BCUT2D eigenvalue weighted by molar-refractivity contribution is -0.146. The van der Waals surface area contributed by atoms with E-state index in [0.717, 1.165) is 70.9 Å². The number of carbonyl (C=O) groups is 1. The Morgan fingerprint density at radius 2 is 1.90 bits per heavy atom. The zero-order chi connectivity index (χ0) is 20.6. The summed E-state index contributed by atoms with van der Waals surface area (Å²) in [5.41, 5.74) is 2.95. The van der Waals surface area contributed by atoms with Crippen molar-refractivity contribution in [3.63, 3.8) is 0 Å². The number of benzene rings is 1. The van der Waals surface area contributed by atoms with Crippen molar-refractivity contribution in [3.05, 3.63) is 35.4 Å². The molecule has 2 aliphatic heterocycles. The van der Waals surface area contributed by atoms with Crippen LogP contribution in [0.2, 0.25) is 0 Å². The van der Waals surface area contributed by atoms with E-state index in [1.165, 1.54) is 18.2 Å². The Morgan fingerprint density at radius 1 is 1.20 bits per heavy atom. The van der Waals surface area contributed by atoms with Gasteiger partial charge in [0.2, 0.25) is 0 Å².